The number of carboxylic acid groups (broad SMARTS) is 1. The van der Waals surface area contributed by atoms with Crippen molar-refractivity contribution < 1.29 is 19.1 Å². The molecule has 0 aliphatic carbocycles. The van der Waals surface area contributed by atoms with Gasteiger partial charge < -0.3 is 14.8 Å². The van der Waals surface area contributed by atoms with E-state index in [0.717, 1.165) is 5.56 Å². The Bertz CT molecular complexity index is 1060. The van der Waals surface area contributed by atoms with Gasteiger partial charge in [0.05, 0.1) is 6.42 Å². The predicted octanol–water partition coefficient (Wildman–Crippen LogP) is 5.32. The van der Waals surface area contributed by atoms with Crippen LogP contribution in [0.2, 0.25) is 0 Å². The monoisotopic (exact) mass is 474 g/mol. The molecule has 8 heteroatoms. The van der Waals surface area contributed by atoms with Gasteiger partial charge >= 0.3 is 5.97 Å². The molecule has 1 heterocycles. The summed E-state index contributed by atoms with van der Waals surface area (Å²) in [5.41, 5.74) is 1.09. The van der Waals surface area contributed by atoms with Gasteiger partial charge in [-0.3, -0.25) is 10.2 Å². The highest BCUT2D eigenvalue weighted by Gasteiger charge is 2.23. The molecule has 1 atom stereocenters. The van der Waals surface area contributed by atoms with Crippen molar-refractivity contribution in [3.8, 4) is 0 Å². The standard InChI is InChI=1S/C24H24Cl2N2O4/c1-3-18(26)13-17(11-15(2)25)22-10-9-19(32-22)14-20(27)23(29)28-21(24(30)31)12-16-7-5-4-6-8-16/h3-11,13,21,27H,12,14H2,1-2H3,(H,28,29)(H,30,31)/b15-11+,17-13+,18-3?,27-20?. The van der Waals surface area contributed by atoms with Crippen LogP contribution in [0, 0.1) is 5.41 Å². The van der Waals surface area contributed by atoms with Crippen LogP contribution in [0.5, 0.6) is 0 Å². The van der Waals surface area contributed by atoms with Crippen LogP contribution < -0.4 is 5.32 Å². The van der Waals surface area contributed by atoms with E-state index in [1.54, 1.807) is 68.5 Å². The summed E-state index contributed by atoms with van der Waals surface area (Å²) >= 11 is 12.1. The van der Waals surface area contributed by atoms with Gasteiger partial charge in [0.1, 0.15) is 23.3 Å². The molecule has 0 fully saturated rings. The van der Waals surface area contributed by atoms with Crippen LogP contribution in [0.25, 0.3) is 5.57 Å². The van der Waals surface area contributed by atoms with Crippen LogP contribution >= 0.6 is 23.2 Å². The molecular formula is C24H24Cl2N2O4. The maximum Gasteiger partial charge on any atom is 0.326 e. The summed E-state index contributed by atoms with van der Waals surface area (Å²) in [4.78, 5) is 24.0. The summed E-state index contributed by atoms with van der Waals surface area (Å²) in [5, 5.41) is 20.9. The number of amides is 1. The maximum atomic E-state index is 12.4. The molecule has 6 nitrogen and oxygen atoms in total. The van der Waals surface area contributed by atoms with E-state index in [9.17, 15) is 14.7 Å². The number of hydrogen-bond donors (Lipinski definition) is 3. The second-order valence-electron chi connectivity index (χ2n) is 6.98. The fourth-order valence-corrected chi connectivity index (χ4v) is 3.04. The Balaban J connectivity index is 2.09. The van der Waals surface area contributed by atoms with E-state index in [-0.39, 0.29) is 18.6 Å². The molecule has 2 aromatic rings. The number of allylic oxidation sites excluding steroid dienone is 6. The van der Waals surface area contributed by atoms with Gasteiger partial charge in [-0.2, -0.15) is 0 Å². The van der Waals surface area contributed by atoms with Crippen LogP contribution in [-0.2, 0) is 22.4 Å². The molecule has 0 aliphatic rings. The number of hydrogen-bond acceptors (Lipinski definition) is 4. The fourth-order valence-electron chi connectivity index (χ4n) is 2.81. The summed E-state index contributed by atoms with van der Waals surface area (Å²) < 4.78 is 5.77. The molecule has 0 spiro atoms. The van der Waals surface area contributed by atoms with Crippen molar-refractivity contribution in [2.45, 2.75) is 32.7 Å². The summed E-state index contributed by atoms with van der Waals surface area (Å²) in [6.07, 6.45) is 5.11. The first-order valence-electron chi connectivity index (χ1n) is 9.81. The lowest BCUT2D eigenvalue weighted by Gasteiger charge is -2.14. The summed E-state index contributed by atoms with van der Waals surface area (Å²) in [6, 6.07) is 11.1. The Morgan fingerprint density at radius 2 is 1.84 bits per heavy atom. The third-order valence-electron chi connectivity index (χ3n) is 4.38. The van der Waals surface area contributed by atoms with E-state index >= 15 is 0 Å². The SMILES string of the molecule is CC=C(Cl)/C=C(\C=C(/C)Cl)c1ccc(CC(=N)C(=O)NC(Cc2ccccc2)C(=O)O)o1. The maximum absolute atomic E-state index is 12.4. The minimum Gasteiger partial charge on any atom is -0.480 e. The molecule has 1 unspecified atom stereocenters. The highest BCUT2D eigenvalue weighted by atomic mass is 35.5. The molecule has 0 radical (unpaired) electrons. The van der Waals surface area contributed by atoms with Crippen LogP contribution in [0.3, 0.4) is 0 Å². The number of nitrogens with one attached hydrogen (secondary N) is 2. The Labute approximate surface area is 196 Å². The second kappa shape index (κ2) is 12.1. The fraction of sp³-hybridized carbons (Fsp3) is 0.208. The van der Waals surface area contributed by atoms with Crippen LogP contribution in [-0.4, -0.2) is 28.7 Å². The molecule has 1 aromatic heterocycles. The van der Waals surface area contributed by atoms with Crippen molar-refractivity contribution >= 4 is 46.4 Å². The third kappa shape index (κ3) is 7.87. The van der Waals surface area contributed by atoms with Gasteiger partial charge in [-0.15, -0.1) is 0 Å². The van der Waals surface area contributed by atoms with Crippen molar-refractivity contribution in [3.05, 3.63) is 87.8 Å². The number of carbonyl (C=O) groups excluding carboxylic acids is 1. The zero-order valence-corrected chi connectivity index (χ0v) is 19.2. The molecule has 1 aromatic carbocycles. The molecule has 0 bridgehead atoms. The summed E-state index contributed by atoms with van der Waals surface area (Å²) in [6.45, 7) is 3.51. The lowest BCUT2D eigenvalue weighted by molar-refractivity contribution is -0.141. The van der Waals surface area contributed by atoms with Gasteiger partial charge in [0, 0.05) is 22.1 Å². The van der Waals surface area contributed by atoms with Crippen molar-refractivity contribution in [3.63, 3.8) is 0 Å². The van der Waals surface area contributed by atoms with E-state index < -0.39 is 17.9 Å². The quantitative estimate of drug-likeness (QED) is 0.320. The van der Waals surface area contributed by atoms with Gasteiger partial charge in [-0.05, 0) is 43.7 Å². The lowest BCUT2D eigenvalue weighted by atomic mass is 10.1. The molecule has 1 amide bonds. The number of halogens is 2. The highest BCUT2D eigenvalue weighted by molar-refractivity contribution is 6.38. The molecule has 2 rings (SSSR count). The zero-order chi connectivity index (χ0) is 23.7. The molecular weight excluding hydrogens is 451 g/mol. The number of aliphatic carboxylic acids is 1. The van der Waals surface area contributed by atoms with E-state index in [2.05, 4.69) is 5.32 Å². The Kier molecular flexibility index (Phi) is 9.50. The van der Waals surface area contributed by atoms with Crippen molar-refractivity contribution in [2.75, 3.05) is 0 Å². The number of furan rings is 1. The molecule has 32 heavy (non-hydrogen) atoms. The number of rotatable bonds is 10. The van der Waals surface area contributed by atoms with Gasteiger partial charge in [0.2, 0.25) is 0 Å². The van der Waals surface area contributed by atoms with Gasteiger partial charge in [0.25, 0.3) is 5.91 Å². The van der Waals surface area contributed by atoms with E-state index in [4.69, 9.17) is 33.0 Å². The predicted molar refractivity (Wildman–Crippen MR) is 127 cm³/mol. The first-order valence-corrected chi connectivity index (χ1v) is 10.6. The van der Waals surface area contributed by atoms with Crippen molar-refractivity contribution in [2.24, 2.45) is 0 Å². The number of benzene rings is 1. The molecule has 168 valence electrons. The van der Waals surface area contributed by atoms with E-state index in [1.807, 2.05) is 6.07 Å². The van der Waals surface area contributed by atoms with E-state index in [0.29, 0.717) is 27.2 Å². The molecule has 3 N–H and O–H groups in total. The minimum absolute atomic E-state index is 0.0995. The third-order valence-corrected chi connectivity index (χ3v) is 4.82. The first kappa shape index (κ1) is 25.2. The highest BCUT2D eigenvalue weighted by Crippen LogP contribution is 2.24. The Morgan fingerprint density at radius 1 is 1.16 bits per heavy atom. The minimum atomic E-state index is -1.17. The summed E-state index contributed by atoms with van der Waals surface area (Å²) in [7, 11) is 0. The second-order valence-corrected chi connectivity index (χ2v) is 8.01. The average molecular weight is 475 g/mol. The van der Waals surface area contributed by atoms with Gasteiger partial charge in [-0.1, -0.05) is 59.6 Å². The molecule has 0 saturated carbocycles. The van der Waals surface area contributed by atoms with Crippen LogP contribution in [0.15, 0.2) is 75.2 Å². The topological polar surface area (TPSA) is 103 Å². The summed E-state index contributed by atoms with van der Waals surface area (Å²) in [5.74, 6) is -1.09. The molecule has 0 saturated heterocycles. The largest absolute Gasteiger partial charge is 0.480 e. The van der Waals surface area contributed by atoms with Crippen molar-refractivity contribution in [1.82, 2.24) is 5.32 Å². The van der Waals surface area contributed by atoms with E-state index in [1.165, 1.54) is 0 Å². The Morgan fingerprint density at radius 3 is 2.44 bits per heavy atom. The molecule has 0 aliphatic heterocycles. The normalized spacial score (nSPS) is 13.6. The number of carboxylic acids is 1. The van der Waals surface area contributed by atoms with Crippen LogP contribution in [0.1, 0.15) is 30.9 Å². The van der Waals surface area contributed by atoms with Gasteiger partial charge in [-0.25, -0.2) is 4.79 Å². The first-order chi connectivity index (χ1) is 15.2. The smallest absolute Gasteiger partial charge is 0.326 e. The number of carbonyl (C=O) groups is 2. The Hall–Kier alpha value is -3.09. The average Bonchev–Trinajstić information content (AvgIpc) is 3.21. The zero-order valence-electron chi connectivity index (χ0n) is 17.7. The lowest BCUT2D eigenvalue weighted by Crippen LogP contribution is -2.45. The van der Waals surface area contributed by atoms with Gasteiger partial charge in [0.15, 0.2) is 0 Å². The van der Waals surface area contributed by atoms with Crippen LogP contribution in [0.4, 0.5) is 0 Å². The van der Waals surface area contributed by atoms with Crippen molar-refractivity contribution in [1.29, 1.82) is 5.41 Å².